The maximum absolute atomic E-state index is 15.6. The van der Waals surface area contributed by atoms with Gasteiger partial charge in [0.1, 0.15) is 0 Å². The van der Waals surface area contributed by atoms with E-state index in [2.05, 4.69) is 26.6 Å². The smallest absolute Gasteiger partial charge is 0.232 e. The fourth-order valence-electron chi connectivity index (χ4n) is 3.87. The predicted octanol–water partition coefficient (Wildman–Crippen LogP) is 5.02. The van der Waals surface area contributed by atoms with Gasteiger partial charge in [-0.05, 0) is 69.2 Å². The van der Waals surface area contributed by atoms with Gasteiger partial charge in [-0.2, -0.15) is 0 Å². The molecule has 7 nitrogen and oxygen atoms in total. The second kappa shape index (κ2) is 10.0. The lowest BCUT2D eigenvalue weighted by Crippen LogP contribution is -2.29. The van der Waals surface area contributed by atoms with Crippen molar-refractivity contribution in [3.8, 4) is 21.8 Å². The van der Waals surface area contributed by atoms with Crippen LogP contribution in [-0.2, 0) is 10.0 Å². The number of piperidine rings is 1. The van der Waals surface area contributed by atoms with E-state index in [9.17, 15) is 8.42 Å². The van der Waals surface area contributed by atoms with E-state index >= 15 is 4.39 Å². The number of thiazole rings is 1. The molecule has 0 atom stereocenters. The van der Waals surface area contributed by atoms with Gasteiger partial charge in [-0.25, -0.2) is 27.8 Å². The van der Waals surface area contributed by atoms with Crippen molar-refractivity contribution in [2.75, 3.05) is 30.6 Å². The molecule has 1 aliphatic heterocycles. The van der Waals surface area contributed by atoms with Gasteiger partial charge >= 0.3 is 0 Å². The Morgan fingerprint density at radius 2 is 2.00 bits per heavy atom. The topological polar surface area (TPSA) is 88.1 Å². The number of sulfonamides is 1. The van der Waals surface area contributed by atoms with Crippen molar-refractivity contribution < 1.29 is 12.8 Å². The van der Waals surface area contributed by atoms with E-state index in [1.807, 2.05) is 0 Å². The van der Waals surface area contributed by atoms with E-state index in [1.54, 1.807) is 31.3 Å². The first-order valence-corrected chi connectivity index (χ1v) is 13.6. The van der Waals surface area contributed by atoms with Gasteiger partial charge in [0.2, 0.25) is 15.3 Å². The second-order valence-electron chi connectivity index (χ2n) is 8.11. The fourth-order valence-corrected chi connectivity index (χ4v) is 6.36. The van der Waals surface area contributed by atoms with Crippen LogP contribution in [0.5, 0.6) is 0 Å². The van der Waals surface area contributed by atoms with Gasteiger partial charge in [0, 0.05) is 17.7 Å². The molecule has 0 bridgehead atoms. The Kier molecular flexibility index (Phi) is 7.28. The number of hydrogen-bond acceptors (Lipinski definition) is 7. The Morgan fingerprint density at radius 1 is 1.24 bits per heavy atom. The van der Waals surface area contributed by atoms with Crippen LogP contribution >= 0.6 is 22.9 Å². The van der Waals surface area contributed by atoms with Gasteiger partial charge in [-0.1, -0.05) is 13.0 Å². The maximum atomic E-state index is 15.6. The summed E-state index contributed by atoms with van der Waals surface area (Å²) in [4.78, 5) is 16.1. The maximum Gasteiger partial charge on any atom is 0.232 e. The molecule has 0 saturated carbocycles. The molecule has 1 saturated heterocycles. The molecule has 4 rings (SSSR count). The largest absolute Gasteiger partial charge is 0.306 e. The minimum absolute atomic E-state index is 0.0850. The molecule has 2 aromatic heterocycles. The number of likely N-dealkylation sites (tertiary alicyclic amines) is 1. The van der Waals surface area contributed by atoms with Gasteiger partial charge in [-0.15, -0.1) is 11.3 Å². The van der Waals surface area contributed by atoms with Crippen molar-refractivity contribution in [3.05, 3.63) is 46.6 Å². The summed E-state index contributed by atoms with van der Waals surface area (Å²) >= 11 is 7.51. The Bertz CT molecular complexity index is 1240. The summed E-state index contributed by atoms with van der Waals surface area (Å²) < 4.78 is 42.4. The molecule has 1 aromatic carbocycles. The van der Waals surface area contributed by atoms with Crippen molar-refractivity contribution in [3.63, 3.8) is 0 Å². The van der Waals surface area contributed by atoms with Gasteiger partial charge in [0.25, 0.3) is 0 Å². The Balaban J connectivity index is 1.80. The van der Waals surface area contributed by atoms with Crippen LogP contribution in [0.25, 0.3) is 21.8 Å². The first-order chi connectivity index (χ1) is 15.8. The molecule has 0 radical (unpaired) electrons. The molecule has 1 N–H and O–H groups in total. The zero-order valence-electron chi connectivity index (χ0n) is 18.4. The molecular formula is C22H25ClFN5O2S2. The van der Waals surface area contributed by atoms with Crippen LogP contribution in [0.4, 0.5) is 10.1 Å². The minimum atomic E-state index is -3.64. The number of hydrogen-bond donors (Lipinski definition) is 1. The molecule has 1 fully saturated rings. The van der Waals surface area contributed by atoms with Crippen molar-refractivity contribution in [1.82, 2.24) is 19.9 Å². The zero-order chi connectivity index (χ0) is 23.6. The summed E-state index contributed by atoms with van der Waals surface area (Å²) in [6.45, 7) is 3.69. The molecule has 11 heteroatoms. The van der Waals surface area contributed by atoms with E-state index in [1.165, 1.54) is 17.4 Å². The first kappa shape index (κ1) is 24.0. The van der Waals surface area contributed by atoms with Crippen molar-refractivity contribution in [1.29, 1.82) is 0 Å². The van der Waals surface area contributed by atoms with Crippen LogP contribution in [0.2, 0.25) is 5.28 Å². The summed E-state index contributed by atoms with van der Waals surface area (Å²) in [7, 11) is -1.55. The molecule has 33 heavy (non-hydrogen) atoms. The van der Waals surface area contributed by atoms with Gasteiger partial charge in [-0.3, -0.25) is 4.72 Å². The standard InChI is InChI=1S/C22H25ClFN5O2S2/c1-3-13-33(30,31)28-16-6-4-5-15(18(16)24)19-20(17-7-10-25-22(23)26-17)32-21(27-19)14-8-11-29(2)12-9-14/h4-7,10,14,28H,3,8-9,11-13H2,1-2H3. The van der Waals surface area contributed by atoms with Crippen LogP contribution in [0.1, 0.15) is 37.1 Å². The average Bonchev–Trinajstić information content (AvgIpc) is 3.21. The third-order valence-corrected chi connectivity index (χ3v) is 8.46. The van der Waals surface area contributed by atoms with Crippen LogP contribution < -0.4 is 4.72 Å². The SMILES string of the molecule is CCCS(=O)(=O)Nc1cccc(-c2nc(C3CCN(C)CC3)sc2-c2ccnc(Cl)n2)c1F. The monoisotopic (exact) mass is 509 g/mol. The Morgan fingerprint density at radius 3 is 2.70 bits per heavy atom. The number of anilines is 1. The number of nitrogens with one attached hydrogen (secondary N) is 1. The van der Waals surface area contributed by atoms with Crippen molar-refractivity contribution in [2.24, 2.45) is 0 Å². The summed E-state index contributed by atoms with van der Waals surface area (Å²) in [5.41, 5.74) is 1.10. The number of benzene rings is 1. The Labute approximate surface area is 202 Å². The lowest BCUT2D eigenvalue weighted by molar-refractivity contribution is 0.255. The van der Waals surface area contributed by atoms with E-state index in [4.69, 9.17) is 16.6 Å². The molecular weight excluding hydrogens is 485 g/mol. The quantitative estimate of drug-likeness (QED) is 0.450. The second-order valence-corrected chi connectivity index (χ2v) is 11.3. The fraction of sp³-hybridized carbons (Fsp3) is 0.409. The highest BCUT2D eigenvalue weighted by molar-refractivity contribution is 7.92. The van der Waals surface area contributed by atoms with E-state index < -0.39 is 15.8 Å². The molecule has 0 unspecified atom stereocenters. The van der Waals surface area contributed by atoms with E-state index in [-0.39, 0.29) is 28.2 Å². The van der Waals surface area contributed by atoms with Gasteiger partial charge < -0.3 is 4.90 Å². The van der Waals surface area contributed by atoms with Gasteiger partial charge in [0.15, 0.2) is 5.82 Å². The minimum Gasteiger partial charge on any atom is -0.306 e. The van der Waals surface area contributed by atoms with Crippen LogP contribution in [0.3, 0.4) is 0 Å². The molecule has 3 heterocycles. The number of halogens is 2. The lowest BCUT2D eigenvalue weighted by atomic mass is 9.98. The van der Waals surface area contributed by atoms with Gasteiger partial charge in [0.05, 0.1) is 32.7 Å². The van der Waals surface area contributed by atoms with E-state index in [0.717, 1.165) is 30.9 Å². The summed E-state index contributed by atoms with van der Waals surface area (Å²) in [6.07, 6.45) is 3.91. The summed E-state index contributed by atoms with van der Waals surface area (Å²) in [6, 6.07) is 6.35. The zero-order valence-corrected chi connectivity index (χ0v) is 20.8. The average molecular weight is 510 g/mol. The molecule has 3 aromatic rings. The summed E-state index contributed by atoms with van der Waals surface area (Å²) in [5, 5.41) is 1.01. The number of nitrogens with zero attached hydrogens (tertiary/aromatic N) is 4. The third kappa shape index (κ3) is 5.51. The lowest BCUT2D eigenvalue weighted by Gasteiger charge is -2.27. The molecule has 0 amide bonds. The van der Waals surface area contributed by atoms with Crippen LogP contribution in [-0.4, -0.2) is 54.2 Å². The van der Waals surface area contributed by atoms with Crippen molar-refractivity contribution >= 4 is 38.6 Å². The first-order valence-electron chi connectivity index (χ1n) is 10.7. The number of rotatable bonds is 7. The third-order valence-electron chi connectivity index (χ3n) is 5.56. The molecule has 176 valence electrons. The highest BCUT2D eigenvalue weighted by Gasteiger charge is 2.27. The Hall–Kier alpha value is -2.14. The van der Waals surface area contributed by atoms with Crippen LogP contribution in [0.15, 0.2) is 30.5 Å². The molecule has 1 aliphatic rings. The highest BCUT2D eigenvalue weighted by Crippen LogP contribution is 2.42. The summed E-state index contributed by atoms with van der Waals surface area (Å²) in [5.74, 6) is -0.484. The number of aromatic nitrogens is 3. The van der Waals surface area contributed by atoms with E-state index in [0.29, 0.717) is 22.7 Å². The molecule has 0 aliphatic carbocycles. The van der Waals surface area contributed by atoms with Crippen LogP contribution in [0, 0.1) is 5.82 Å². The predicted molar refractivity (Wildman–Crippen MR) is 131 cm³/mol. The van der Waals surface area contributed by atoms with Crippen molar-refractivity contribution in [2.45, 2.75) is 32.1 Å². The highest BCUT2D eigenvalue weighted by atomic mass is 35.5. The normalized spacial score (nSPS) is 15.6. The molecule has 0 spiro atoms.